The molecule has 31 heavy (non-hydrogen) atoms. The Labute approximate surface area is 181 Å². The number of rotatable bonds is 4. The predicted octanol–water partition coefficient (Wildman–Crippen LogP) is 4.90. The highest BCUT2D eigenvalue weighted by atomic mass is 15.3. The van der Waals surface area contributed by atoms with Gasteiger partial charge in [-0.25, -0.2) is 4.68 Å². The van der Waals surface area contributed by atoms with Gasteiger partial charge in [0.1, 0.15) is 0 Å². The molecule has 0 saturated carbocycles. The molecule has 1 unspecified atom stereocenters. The molecule has 5 aromatic rings. The first-order valence-electron chi connectivity index (χ1n) is 10.7. The minimum absolute atomic E-state index is 0.0948. The molecule has 0 bridgehead atoms. The lowest BCUT2D eigenvalue weighted by atomic mass is 9.94. The molecule has 3 aromatic heterocycles. The van der Waals surface area contributed by atoms with E-state index in [1.165, 1.54) is 27.7 Å². The first-order chi connectivity index (χ1) is 15.4. The minimum Gasteiger partial charge on any atom is -0.357 e. The van der Waals surface area contributed by atoms with E-state index in [2.05, 4.69) is 69.7 Å². The summed E-state index contributed by atoms with van der Waals surface area (Å²) in [7, 11) is 0. The van der Waals surface area contributed by atoms with Crippen LogP contribution >= 0.6 is 0 Å². The van der Waals surface area contributed by atoms with Gasteiger partial charge in [0.25, 0.3) is 0 Å². The highest BCUT2D eigenvalue weighted by Gasteiger charge is 2.32. The Morgan fingerprint density at radius 1 is 0.935 bits per heavy atom. The molecule has 0 fully saturated rings. The van der Waals surface area contributed by atoms with Crippen LogP contribution < -0.4 is 0 Å². The maximum Gasteiger partial charge on any atom is 0.0933 e. The standard InChI is InChI=1S/C26H23N5/c1-2-8-20(9-3-1)31-18-19(16-28-31)17-30-15-13-22-21-10-4-5-11-23(21)29-25(22)26(30)24-12-6-7-14-27-24/h1-12,14,16,18,26,29H,13,15,17H2. The summed E-state index contributed by atoms with van der Waals surface area (Å²) in [4.78, 5) is 10.9. The van der Waals surface area contributed by atoms with Gasteiger partial charge in [0.05, 0.1) is 23.6 Å². The van der Waals surface area contributed by atoms with Gasteiger partial charge in [-0.15, -0.1) is 0 Å². The Hall–Kier alpha value is -3.70. The zero-order valence-electron chi connectivity index (χ0n) is 17.1. The Morgan fingerprint density at radius 3 is 2.65 bits per heavy atom. The molecule has 0 aliphatic carbocycles. The average Bonchev–Trinajstić information content (AvgIpc) is 3.45. The molecule has 152 valence electrons. The number of hydrogen-bond acceptors (Lipinski definition) is 3. The Balaban J connectivity index is 1.38. The van der Waals surface area contributed by atoms with Crippen LogP contribution in [0.15, 0.2) is 91.4 Å². The van der Waals surface area contributed by atoms with Gasteiger partial charge in [0, 0.05) is 47.6 Å². The van der Waals surface area contributed by atoms with Crippen molar-refractivity contribution in [1.29, 1.82) is 0 Å². The van der Waals surface area contributed by atoms with Crippen molar-refractivity contribution in [2.24, 2.45) is 0 Å². The van der Waals surface area contributed by atoms with E-state index >= 15 is 0 Å². The summed E-state index contributed by atoms with van der Waals surface area (Å²) in [6.07, 6.45) is 7.02. The number of aromatic amines is 1. The Morgan fingerprint density at radius 2 is 1.77 bits per heavy atom. The molecule has 1 N–H and O–H groups in total. The number of aromatic nitrogens is 4. The number of fused-ring (bicyclic) bond motifs is 3. The molecule has 1 aliphatic rings. The van der Waals surface area contributed by atoms with Gasteiger partial charge in [0.2, 0.25) is 0 Å². The van der Waals surface area contributed by atoms with Crippen LogP contribution in [-0.4, -0.2) is 31.2 Å². The van der Waals surface area contributed by atoms with Gasteiger partial charge in [-0.05, 0) is 42.3 Å². The van der Waals surface area contributed by atoms with Crippen LogP contribution in [0.1, 0.15) is 28.6 Å². The number of nitrogens with zero attached hydrogens (tertiary/aromatic N) is 4. The summed E-state index contributed by atoms with van der Waals surface area (Å²) in [5.74, 6) is 0. The fourth-order valence-electron chi connectivity index (χ4n) is 4.73. The molecular formula is C26H23N5. The van der Waals surface area contributed by atoms with Gasteiger partial charge in [-0.2, -0.15) is 5.10 Å². The number of H-pyrrole nitrogens is 1. The van der Waals surface area contributed by atoms with Gasteiger partial charge < -0.3 is 4.98 Å². The quantitative estimate of drug-likeness (QED) is 0.463. The van der Waals surface area contributed by atoms with Crippen molar-refractivity contribution >= 4 is 10.9 Å². The van der Waals surface area contributed by atoms with Gasteiger partial charge >= 0.3 is 0 Å². The Bertz CT molecular complexity index is 1320. The van der Waals surface area contributed by atoms with Gasteiger partial charge in [-0.1, -0.05) is 42.5 Å². The first kappa shape index (κ1) is 18.1. The minimum atomic E-state index is 0.0948. The SMILES string of the molecule is c1ccc(-n2cc(CN3CCc4c([nH]c5ccccc45)C3c3ccccn3)cn2)cc1. The van der Waals surface area contributed by atoms with Crippen LogP contribution in [-0.2, 0) is 13.0 Å². The van der Waals surface area contributed by atoms with Crippen LogP contribution in [0.2, 0.25) is 0 Å². The molecule has 0 amide bonds. The molecule has 6 rings (SSSR count). The van der Waals surface area contributed by atoms with Crippen molar-refractivity contribution in [3.8, 4) is 5.69 Å². The van der Waals surface area contributed by atoms with Crippen LogP contribution in [0.4, 0.5) is 0 Å². The van der Waals surface area contributed by atoms with Crippen molar-refractivity contribution in [2.45, 2.75) is 19.0 Å². The largest absolute Gasteiger partial charge is 0.357 e. The fraction of sp³-hybridized carbons (Fsp3) is 0.154. The monoisotopic (exact) mass is 405 g/mol. The smallest absolute Gasteiger partial charge is 0.0933 e. The van der Waals surface area contributed by atoms with Crippen LogP contribution in [0.5, 0.6) is 0 Å². The topological polar surface area (TPSA) is 49.7 Å². The molecule has 0 saturated heterocycles. The molecule has 2 aromatic carbocycles. The van der Waals surface area contributed by atoms with Crippen molar-refractivity contribution in [3.05, 3.63) is 114 Å². The highest BCUT2D eigenvalue weighted by molar-refractivity contribution is 5.85. The van der Waals surface area contributed by atoms with Gasteiger partial charge in [0.15, 0.2) is 0 Å². The predicted molar refractivity (Wildman–Crippen MR) is 122 cm³/mol. The molecule has 1 aliphatic heterocycles. The van der Waals surface area contributed by atoms with Crippen LogP contribution in [0.3, 0.4) is 0 Å². The summed E-state index contributed by atoms with van der Waals surface area (Å²) >= 11 is 0. The number of pyridine rings is 1. The second kappa shape index (κ2) is 7.52. The van der Waals surface area contributed by atoms with E-state index in [0.717, 1.165) is 30.9 Å². The summed E-state index contributed by atoms with van der Waals surface area (Å²) in [5, 5.41) is 5.92. The summed E-state index contributed by atoms with van der Waals surface area (Å²) in [6, 6.07) is 25.1. The van der Waals surface area contributed by atoms with Crippen molar-refractivity contribution in [2.75, 3.05) is 6.54 Å². The highest BCUT2D eigenvalue weighted by Crippen LogP contribution is 2.38. The van der Waals surface area contributed by atoms with Gasteiger partial charge in [-0.3, -0.25) is 9.88 Å². The zero-order chi connectivity index (χ0) is 20.6. The van der Waals surface area contributed by atoms with Crippen molar-refractivity contribution in [1.82, 2.24) is 24.6 Å². The van der Waals surface area contributed by atoms with Crippen LogP contribution in [0.25, 0.3) is 16.6 Å². The van der Waals surface area contributed by atoms with Crippen molar-refractivity contribution < 1.29 is 0 Å². The lowest BCUT2D eigenvalue weighted by molar-refractivity contribution is 0.198. The second-order valence-electron chi connectivity index (χ2n) is 8.07. The number of nitrogens with one attached hydrogen (secondary N) is 1. The maximum atomic E-state index is 4.73. The van der Waals surface area contributed by atoms with E-state index in [0.29, 0.717) is 0 Å². The molecule has 5 heteroatoms. The molecule has 0 radical (unpaired) electrons. The third-order valence-electron chi connectivity index (χ3n) is 6.14. The molecule has 5 nitrogen and oxygen atoms in total. The normalized spacial score (nSPS) is 16.5. The van der Waals surface area contributed by atoms with Crippen molar-refractivity contribution in [3.63, 3.8) is 0 Å². The molecule has 0 spiro atoms. The van der Waals surface area contributed by atoms with E-state index in [-0.39, 0.29) is 6.04 Å². The van der Waals surface area contributed by atoms with E-state index in [1.807, 2.05) is 41.3 Å². The fourth-order valence-corrected chi connectivity index (χ4v) is 4.73. The summed E-state index contributed by atoms with van der Waals surface area (Å²) in [6.45, 7) is 1.80. The van der Waals surface area contributed by atoms with E-state index in [1.54, 1.807) is 0 Å². The van der Waals surface area contributed by atoms with E-state index in [9.17, 15) is 0 Å². The molecule has 1 atom stereocenters. The maximum absolute atomic E-state index is 4.73. The average molecular weight is 406 g/mol. The molecular weight excluding hydrogens is 382 g/mol. The van der Waals surface area contributed by atoms with Crippen LogP contribution in [0, 0.1) is 0 Å². The number of hydrogen-bond donors (Lipinski definition) is 1. The third-order valence-corrected chi connectivity index (χ3v) is 6.14. The second-order valence-corrected chi connectivity index (χ2v) is 8.07. The number of benzene rings is 2. The zero-order valence-corrected chi connectivity index (χ0v) is 17.1. The number of para-hydroxylation sites is 2. The molecule has 4 heterocycles. The summed E-state index contributed by atoms with van der Waals surface area (Å²) in [5.41, 5.74) is 7.23. The Kier molecular flexibility index (Phi) is 4.39. The first-order valence-corrected chi connectivity index (χ1v) is 10.7. The summed E-state index contributed by atoms with van der Waals surface area (Å²) < 4.78 is 1.95. The lowest BCUT2D eigenvalue weighted by Crippen LogP contribution is -2.36. The third kappa shape index (κ3) is 3.23. The lowest BCUT2D eigenvalue weighted by Gasteiger charge is -2.35. The van der Waals surface area contributed by atoms with E-state index in [4.69, 9.17) is 4.98 Å². The van der Waals surface area contributed by atoms with E-state index < -0.39 is 0 Å².